The molecule has 144 valence electrons. The molecule has 0 aromatic heterocycles. The van der Waals surface area contributed by atoms with Crippen molar-refractivity contribution >= 4 is 11.6 Å². The number of rotatable bonds is 4. The summed E-state index contributed by atoms with van der Waals surface area (Å²) in [6, 6.07) is 16.3. The van der Waals surface area contributed by atoms with Crippen molar-refractivity contribution in [1.82, 2.24) is 5.32 Å². The molecule has 4 nitrogen and oxygen atoms in total. The number of hydrogen-bond donors (Lipinski definition) is 1. The minimum atomic E-state index is -0.0454. The highest BCUT2D eigenvalue weighted by molar-refractivity contribution is 5.94. The van der Waals surface area contributed by atoms with Gasteiger partial charge in [-0.1, -0.05) is 45.0 Å². The zero-order valence-corrected chi connectivity index (χ0v) is 16.8. The van der Waals surface area contributed by atoms with E-state index in [-0.39, 0.29) is 17.4 Å². The predicted octanol–water partition coefficient (Wildman–Crippen LogP) is 4.31. The fourth-order valence-corrected chi connectivity index (χ4v) is 3.28. The van der Waals surface area contributed by atoms with Crippen LogP contribution in [0.4, 0.5) is 5.69 Å². The van der Waals surface area contributed by atoms with Gasteiger partial charge in [0.05, 0.1) is 19.3 Å². The standard InChI is InChI=1S/C23H30N2O2/c1-17(18-5-9-20(10-6-18)23(2,3)4)24-22(26)19-7-11-21(12-8-19)25-13-15-27-16-14-25/h5-12,17H,13-16H2,1-4H3,(H,24,26)/t17-/m1/s1. The molecule has 0 saturated carbocycles. The van der Waals surface area contributed by atoms with E-state index in [4.69, 9.17) is 4.74 Å². The molecule has 0 aliphatic carbocycles. The van der Waals surface area contributed by atoms with Crippen LogP contribution in [0.5, 0.6) is 0 Å². The van der Waals surface area contributed by atoms with E-state index in [9.17, 15) is 4.79 Å². The molecule has 1 atom stereocenters. The van der Waals surface area contributed by atoms with E-state index in [0.717, 1.165) is 37.6 Å². The molecule has 3 rings (SSSR count). The number of nitrogens with one attached hydrogen (secondary N) is 1. The van der Waals surface area contributed by atoms with Crippen molar-refractivity contribution in [1.29, 1.82) is 0 Å². The monoisotopic (exact) mass is 366 g/mol. The molecular weight excluding hydrogens is 336 g/mol. The molecule has 0 radical (unpaired) electrons. The van der Waals surface area contributed by atoms with E-state index < -0.39 is 0 Å². The van der Waals surface area contributed by atoms with Crippen LogP contribution in [0.2, 0.25) is 0 Å². The molecule has 0 bridgehead atoms. The lowest BCUT2D eigenvalue weighted by Crippen LogP contribution is -2.36. The Balaban J connectivity index is 1.62. The summed E-state index contributed by atoms with van der Waals surface area (Å²) >= 11 is 0. The maximum atomic E-state index is 12.6. The first-order valence-corrected chi connectivity index (χ1v) is 9.68. The van der Waals surface area contributed by atoms with Crippen LogP contribution < -0.4 is 10.2 Å². The van der Waals surface area contributed by atoms with Crippen molar-refractivity contribution in [2.45, 2.75) is 39.2 Å². The molecule has 27 heavy (non-hydrogen) atoms. The molecule has 1 heterocycles. The summed E-state index contributed by atoms with van der Waals surface area (Å²) in [7, 11) is 0. The van der Waals surface area contributed by atoms with Crippen molar-refractivity contribution < 1.29 is 9.53 Å². The molecule has 1 aliphatic heterocycles. The van der Waals surface area contributed by atoms with Crippen LogP contribution in [-0.2, 0) is 10.2 Å². The van der Waals surface area contributed by atoms with Crippen molar-refractivity contribution in [3.8, 4) is 0 Å². The van der Waals surface area contributed by atoms with E-state index in [0.29, 0.717) is 5.56 Å². The summed E-state index contributed by atoms with van der Waals surface area (Å²) in [6.07, 6.45) is 0. The van der Waals surface area contributed by atoms with Gasteiger partial charge < -0.3 is 15.0 Å². The number of hydrogen-bond acceptors (Lipinski definition) is 3. The summed E-state index contributed by atoms with van der Waals surface area (Å²) in [5.74, 6) is -0.0454. The molecule has 0 spiro atoms. The number of nitrogens with zero attached hydrogens (tertiary/aromatic N) is 1. The van der Waals surface area contributed by atoms with Crippen molar-refractivity contribution in [2.24, 2.45) is 0 Å². The quantitative estimate of drug-likeness (QED) is 0.877. The second kappa shape index (κ2) is 8.13. The largest absolute Gasteiger partial charge is 0.378 e. The summed E-state index contributed by atoms with van der Waals surface area (Å²) < 4.78 is 5.39. The third kappa shape index (κ3) is 4.89. The Labute approximate surface area is 162 Å². The third-order valence-corrected chi connectivity index (χ3v) is 5.13. The molecule has 1 N–H and O–H groups in total. The average Bonchev–Trinajstić information content (AvgIpc) is 2.68. The molecule has 1 amide bonds. The topological polar surface area (TPSA) is 41.6 Å². The van der Waals surface area contributed by atoms with Crippen LogP contribution in [0.1, 0.15) is 55.2 Å². The second-order valence-electron chi connectivity index (χ2n) is 8.21. The van der Waals surface area contributed by atoms with Crippen molar-refractivity contribution in [3.63, 3.8) is 0 Å². The lowest BCUT2D eigenvalue weighted by Gasteiger charge is -2.28. The Kier molecular flexibility index (Phi) is 5.85. The SMILES string of the molecule is C[C@@H](NC(=O)c1ccc(N2CCOCC2)cc1)c1ccc(C(C)(C)C)cc1. The molecule has 1 fully saturated rings. The van der Waals surface area contributed by atoms with Gasteiger partial charge in [-0.25, -0.2) is 0 Å². The van der Waals surface area contributed by atoms with Crippen LogP contribution in [-0.4, -0.2) is 32.2 Å². The van der Waals surface area contributed by atoms with E-state index >= 15 is 0 Å². The Morgan fingerprint density at radius 3 is 2.15 bits per heavy atom. The summed E-state index contributed by atoms with van der Waals surface area (Å²) in [4.78, 5) is 14.9. The molecule has 1 aliphatic rings. The summed E-state index contributed by atoms with van der Waals surface area (Å²) in [5, 5.41) is 3.10. The van der Waals surface area contributed by atoms with Crippen LogP contribution in [0.3, 0.4) is 0 Å². The normalized spacial score (nSPS) is 16.1. The van der Waals surface area contributed by atoms with E-state index in [2.05, 4.69) is 55.3 Å². The van der Waals surface area contributed by atoms with Crippen molar-refractivity contribution in [3.05, 3.63) is 65.2 Å². The Morgan fingerprint density at radius 1 is 1.00 bits per heavy atom. The highest BCUT2D eigenvalue weighted by atomic mass is 16.5. The number of benzene rings is 2. The van der Waals surface area contributed by atoms with Crippen LogP contribution in [0.25, 0.3) is 0 Å². The smallest absolute Gasteiger partial charge is 0.251 e. The van der Waals surface area contributed by atoms with Gasteiger partial charge in [0, 0.05) is 24.3 Å². The number of amides is 1. The van der Waals surface area contributed by atoms with Gasteiger partial charge >= 0.3 is 0 Å². The van der Waals surface area contributed by atoms with E-state index in [1.807, 2.05) is 31.2 Å². The molecular formula is C23H30N2O2. The zero-order chi connectivity index (χ0) is 19.4. The van der Waals surface area contributed by atoms with Gasteiger partial charge in [0.15, 0.2) is 0 Å². The zero-order valence-electron chi connectivity index (χ0n) is 16.8. The predicted molar refractivity (Wildman–Crippen MR) is 110 cm³/mol. The van der Waals surface area contributed by atoms with E-state index in [1.165, 1.54) is 5.56 Å². The first-order chi connectivity index (χ1) is 12.8. The molecule has 2 aromatic carbocycles. The van der Waals surface area contributed by atoms with Crippen LogP contribution in [0, 0.1) is 0 Å². The maximum Gasteiger partial charge on any atom is 0.251 e. The van der Waals surface area contributed by atoms with Gasteiger partial charge in [-0.15, -0.1) is 0 Å². The average molecular weight is 367 g/mol. The Hall–Kier alpha value is -2.33. The molecule has 1 saturated heterocycles. The van der Waals surface area contributed by atoms with Gasteiger partial charge in [0.2, 0.25) is 0 Å². The van der Waals surface area contributed by atoms with Gasteiger partial charge in [-0.3, -0.25) is 4.79 Å². The molecule has 4 heteroatoms. The number of carbonyl (C=O) groups is 1. The third-order valence-electron chi connectivity index (χ3n) is 5.13. The minimum Gasteiger partial charge on any atom is -0.378 e. The molecule has 0 unspecified atom stereocenters. The van der Waals surface area contributed by atoms with Gasteiger partial charge in [-0.2, -0.15) is 0 Å². The van der Waals surface area contributed by atoms with Gasteiger partial charge in [0.1, 0.15) is 0 Å². The van der Waals surface area contributed by atoms with Crippen LogP contribution in [0.15, 0.2) is 48.5 Å². The second-order valence-corrected chi connectivity index (χ2v) is 8.21. The lowest BCUT2D eigenvalue weighted by molar-refractivity contribution is 0.0940. The summed E-state index contributed by atoms with van der Waals surface area (Å²) in [5.41, 5.74) is 4.36. The maximum absolute atomic E-state index is 12.6. The highest BCUT2D eigenvalue weighted by Crippen LogP contribution is 2.24. The summed E-state index contributed by atoms with van der Waals surface area (Å²) in [6.45, 7) is 11.9. The Bertz CT molecular complexity index is 754. The fraction of sp³-hybridized carbons (Fsp3) is 0.435. The highest BCUT2D eigenvalue weighted by Gasteiger charge is 2.16. The lowest BCUT2D eigenvalue weighted by atomic mass is 9.86. The Morgan fingerprint density at radius 2 is 1.59 bits per heavy atom. The van der Waals surface area contributed by atoms with Gasteiger partial charge in [0.25, 0.3) is 5.91 Å². The number of ether oxygens (including phenoxy) is 1. The first kappa shape index (κ1) is 19.4. The first-order valence-electron chi connectivity index (χ1n) is 9.68. The van der Waals surface area contributed by atoms with Crippen molar-refractivity contribution in [2.75, 3.05) is 31.2 Å². The fourth-order valence-electron chi connectivity index (χ4n) is 3.28. The van der Waals surface area contributed by atoms with E-state index in [1.54, 1.807) is 0 Å². The minimum absolute atomic E-state index is 0.0366. The number of carbonyl (C=O) groups excluding carboxylic acids is 1. The van der Waals surface area contributed by atoms with Crippen LogP contribution >= 0.6 is 0 Å². The molecule has 2 aromatic rings. The number of anilines is 1. The number of morpholine rings is 1. The van der Waals surface area contributed by atoms with Gasteiger partial charge in [-0.05, 0) is 47.7 Å².